The quantitative estimate of drug-likeness (QED) is 0.353. The molecule has 6 rings (SSSR count). The van der Waals surface area contributed by atoms with Gasteiger partial charge in [0.15, 0.2) is 0 Å². The molecule has 0 bridgehead atoms. The molecule has 0 unspecified atom stereocenters. The minimum absolute atomic E-state index is 0.0578. The fourth-order valence-electron chi connectivity index (χ4n) is 5.12. The molecule has 0 spiro atoms. The van der Waals surface area contributed by atoms with Crippen LogP contribution >= 0.6 is 11.3 Å². The van der Waals surface area contributed by atoms with Gasteiger partial charge in [-0.2, -0.15) is 9.57 Å². The Morgan fingerprint density at radius 2 is 1.64 bits per heavy atom. The molecule has 2 fully saturated rings. The Labute approximate surface area is 231 Å². The number of anilines is 1. The summed E-state index contributed by atoms with van der Waals surface area (Å²) in [7, 11) is -3.79. The first-order valence-electron chi connectivity index (χ1n) is 12.9. The zero-order valence-corrected chi connectivity index (χ0v) is 23.0. The van der Waals surface area contributed by atoms with Crippen LogP contribution in [0.3, 0.4) is 0 Å². The highest BCUT2D eigenvalue weighted by molar-refractivity contribution is 7.89. The normalized spacial score (nSPS) is 17.4. The van der Waals surface area contributed by atoms with E-state index in [-0.39, 0.29) is 10.5 Å². The lowest BCUT2D eigenvalue weighted by Gasteiger charge is -2.35. The van der Waals surface area contributed by atoms with E-state index in [1.165, 1.54) is 10.4 Å². The minimum atomic E-state index is -3.79. The van der Waals surface area contributed by atoms with Crippen LogP contribution in [0.25, 0.3) is 21.3 Å². The number of piperazine rings is 1. The molecule has 0 amide bonds. The van der Waals surface area contributed by atoms with Gasteiger partial charge in [-0.15, -0.1) is 11.3 Å². The van der Waals surface area contributed by atoms with Crippen molar-refractivity contribution in [2.45, 2.75) is 11.4 Å². The van der Waals surface area contributed by atoms with Crippen molar-refractivity contribution in [3.8, 4) is 17.2 Å². The second-order valence-corrected chi connectivity index (χ2v) is 12.3. The third-order valence-corrected chi connectivity index (χ3v) is 10.0. The Kier molecular flexibility index (Phi) is 7.29. The summed E-state index contributed by atoms with van der Waals surface area (Å²) in [6, 6.07) is 18.6. The van der Waals surface area contributed by atoms with E-state index in [9.17, 15) is 13.7 Å². The first-order chi connectivity index (χ1) is 19.0. The highest BCUT2D eigenvalue weighted by Crippen LogP contribution is 2.39. The third kappa shape index (κ3) is 5.14. The van der Waals surface area contributed by atoms with Gasteiger partial charge in [0.25, 0.3) is 0 Å². The highest BCUT2D eigenvalue weighted by Gasteiger charge is 2.32. The van der Waals surface area contributed by atoms with Gasteiger partial charge >= 0.3 is 0 Å². The number of morpholine rings is 1. The van der Waals surface area contributed by atoms with E-state index in [2.05, 4.69) is 27.3 Å². The predicted molar refractivity (Wildman–Crippen MR) is 151 cm³/mol. The lowest BCUT2D eigenvalue weighted by molar-refractivity contribution is 0.0331. The first kappa shape index (κ1) is 25.9. The van der Waals surface area contributed by atoms with Crippen LogP contribution in [-0.4, -0.2) is 80.1 Å². The Morgan fingerprint density at radius 1 is 0.923 bits per heavy atom. The Hall–Kier alpha value is -3.40. The van der Waals surface area contributed by atoms with Gasteiger partial charge in [0.05, 0.1) is 35.6 Å². The lowest BCUT2D eigenvalue weighted by Crippen LogP contribution is -2.49. The van der Waals surface area contributed by atoms with E-state index in [0.717, 1.165) is 46.1 Å². The topological polar surface area (TPSA) is 103 Å². The SMILES string of the molecule is N#Cc1ccccc1S(=O)(=O)N1CCN(c2nc(CN3CCOCC3)nc3scc(-c4ccccc4)c23)CC1. The molecule has 0 radical (unpaired) electrons. The van der Waals surface area contributed by atoms with E-state index in [1.54, 1.807) is 29.5 Å². The van der Waals surface area contributed by atoms with E-state index >= 15 is 0 Å². The smallest absolute Gasteiger partial charge is 0.244 e. The lowest BCUT2D eigenvalue weighted by atomic mass is 10.1. The molecule has 2 aromatic heterocycles. The number of nitrogens with zero attached hydrogens (tertiary/aromatic N) is 6. The Bertz CT molecular complexity index is 1620. The van der Waals surface area contributed by atoms with Gasteiger partial charge in [0, 0.05) is 50.2 Å². The Balaban J connectivity index is 1.33. The number of benzene rings is 2. The molecule has 2 aromatic carbocycles. The molecule has 2 aliphatic heterocycles. The number of fused-ring (bicyclic) bond motifs is 1. The van der Waals surface area contributed by atoms with Gasteiger partial charge in [-0.1, -0.05) is 42.5 Å². The molecule has 4 heterocycles. The summed E-state index contributed by atoms with van der Waals surface area (Å²) in [6.45, 7) is 5.32. The third-order valence-electron chi connectivity index (χ3n) is 7.18. The summed E-state index contributed by atoms with van der Waals surface area (Å²) < 4.78 is 33.8. The summed E-state index contributed by atoms with van der Waals surface area (Å²) in [5.74, 6) is 1.61. The molecule has 4 aromatic rings. The summed E-state index contributed by atoms with van der Waals surface area (Å²) in [5, 5.41) is 12.6. The van der Waals surface area contributed by atoms with Crippen LogP contribution in [0.15, 0.2) is 64.9 Å². The number of nitriles is 1. The number of hydrogen-bond acceptors (Lipinski definition) is 9. The van der Waals surface area contributed by atoms with Crippen molar-refractivity contribution in [3.63, 3.8) is 0 Å². The molecule has 11 heteroatoms. The summed E-state index contributed by atoms with van der Waals surface area (Å²) in [4.78, 5) is 15.5. The van der Waals surface area contributed by atoms with Gasteiger partial charge < -0.3 is 9.64 Å². The molecule has 9 nitrogen and oxygen atoms in total. The molecular formula is C28H28N6O3S2. The number of ether oxygens (including phenoxy) is 1. The average Bonchev–Trinajstić information content (AvgIpc) is 3.42. The molecule has 200 valence electrons. The maximum atomic E-state index is 13.4. The maximum Gasteiger partial charge on any atom is 0.244 e. The molecule has 0 atom stereocenters. The summed E-state index contributed by atoms with van der Waals surface area (Å²) in [5.41, 5.74) is 2.35. The van der Waals surface area contributed by atoms with Crippen LogP contribution in [0.5, 0.6) is 0 Å². The van der Waals surface area contributed by atoms with Crippen molar-refractivity contribution in [3.05, 3.63) is 71.4 Å². The van der Waals surface area contributed by atoms with E-state index in [1.807, 2.05) is 24.3 Å². The molecule has 2 saturated heterocycles. The number of thiophene rings is 1. The van der Waals surface area contributed by atoms with Crippen LogP contribution in [0.2, 0.25) is 0 Å². The zero-order chi connectivity index (χ0) is 26.8. The fourth-order valence-corrected chi connectivity index (χ4v) is 7.64. The molecule has 2 aliphatic rings. The van der Waals surface area contributed by atoms with Crippen molar-refractivity contribution >= 4 is 37.4 Å². The van der Waals surface area contributed by atoms with Gasteiger partial charge in [-0.05, 0) is 17.7 Å². The van der Waals surface area contributed by atoms with E-state index < -0.39 is 10.0 Å². The standard InChI is InChI=1S/C28H28N6O3S2/c29-18-22-8-4-5-9-24(22)39(35,36)34-12-10-33(11-13-34)27-26-23(21-6-2-1-3-7-21)20-38-28(26)31-25(30-27)19-32-14-16-37-17-15-32/h1-9,20H,10-17,19H2. The number of hydrogen-bond donors (Lipinski definition) is 0. The van der Waals surface area contributed by atoms with Crippen molar-refractivity contribution < 1.29 is 13.2 Å². The average molecular weight is 561 g/mol. The molecular weight excluding hydrogens is 532 g/mol. The number of aromatic nitrogens is 2. The second-order valence-electron chi connectivity index (χ2n) is 9.55. The van der Waals surface area contributed by atoms with E-state index in [4.69, 9.17) is 14.7 Å². The van der Waals surface area contributed by atoms with Crippen molar-refractivity contribution in [1.29, 1.82) is 5.26 Å². The monoisotopic (exact) mass is 560 g/mol. The number of rotatable bonds is 6. The van der Waals surface area contributed by atoms with Gasteiger partial charge in [0.2, 0.25) is 10.0 Å². The van der Waals surface area contributed by atoms with Crippen molar-refractivity contribution in [1.82, 2.24) is 19.2 Å². The van der Waals surface area contributed by atoms with Gasteiger partial charge in [0.1, 0.15) is 22.5 Å². The number of sulfonamides is 1. The fraction of sp³-hybridized carbons (Fsp3) is 0.321. The Morgan fingerprint density at radius 3 is 2.38 bits per heavy atom. The predicted octanol–water partition coefficient (Wildman–Crippen LogP) is 3.57. The largest absolute Gasteiger partial charge is 0.379 e. The van der Waals surface area contributed by atoms with Crippen LogP contribution in [0.1, 0.15) is 11.4 Å². The molecule has 0 saturated carbocycles. The highest BCUT2D eigenvalue weighted by atomic mass is 32.2. The molecule has 0 aliphatic carbocycles. The van der Waals surface area contributed by atoms with Crippen molar-refractivity contribution in [2.24, 2.45) is 0 Å². The first-order valence-corrected chi connectivity index (χ1v) is 15.2. The minimum Gasteiger partial charge on any atom is -0.379 e. The van der Waals surface area contributed by atoms with Crippen LogP contribution in [0, 0.1) is 11.3 Å². The van der Waals surface area contributed by atoms with Crippen LogP contribution in [0.4, 0.5) is 5.82 Å². The summed E-state index contributed by atoms with van der Waals surface area (Å²) in [6.07, 6.45) is 0. The molecule has 0 N–H and O–H groups in total. The second kappa shape index (κ2) is 11.0. The van der Waals surface area contributed by atoms with Crippen LogP contribution in [-0.2, 0) is 21.3 Å². The van der Waals surface area contributed by atoms with E-state index in [0.29, 0.717) is 45.9 Å². The van der Waals surface area contributed by atoms with Gasteiger partial charge in [-0.3, -0.25) is 4.90 Å². The van der Waals surface area contributed by atoms with Crippen molar-refractivity contribution in [2.75, 3.05) is 57.4 Å². The summed E-state index contributed by atoms with van der Waals surface area (Å²) >= 11 is 1.61. The zero-order valence-electron chi connectivity index (χ0n) is 21.4. The molecule has 39 heavy (non-hydrogen) atoms. The van der Waals surface area contributed by atoms with Gasteiger partial charge in [-0.25, -0.2) is 18.4 Å². The maximum absolute atomic E-state index is 13.4. The van der Waals surface area contributed by atoms with Crippen LogP contribution < -0.4 is 4.90 Å².